The molecular formula is C21H22N2O2S. The van der Waals surface area contributed by atoms with Gasteiger partial charge in [0.1, 0.15) is 5.75 Å². The van der Waals surface area contributed by atoms with E-state index in [1.165, 1.54) is 22.9 Å². The number of methoxy groups -OCH3 is 1. The Morgan fingerprint density at radius 2 is 1.85 bits per heavy atom. The highest BCUT2D eigenvalue weighted by molar-refractivity contribution is 8.18. The number of rotatable bonds is 4. The van der Waals surface area contributed by atoms with Crippen molar-refractivity contribution in [1.82, 2.24) is 4.90 Å². The summed E-state index contributed by atoms with van der Waals surface area (Å²) in [4.78, 5) is 19.8. The molecular weight excluding hydrogens is 344 g/mol. The van der Waals surface area contributed by atoms with Crippen molar-refractivity contribution in [1.29, 1.82) is 0 Å². The molecule has 1 heterocycles. The Hall–Kier alpha value is -2.53. The summed E-state index contributed by atoms with van der Waals surface area (Å²) < 4.78 is 5.18. The number of hydrogen-bond acceptors (Lipinski definition) is 4. The first-order chi connectivity index (χ1) is 12.5. The van der Waals surface area contributed by atoms with E-state index in [9.17, 15) is 4.79 Å². The van der Waals surface area contributed by atoms with Crippen LogP contribution in [0.5, 0.6) is 5.75 Å². The van der Waals surface area contributed by atoms with Crippen LogP contribution in [0.2, 0.25) is 0 Å². The lowest BCUT2D eigenvalue weighted by molar-refractivity contribution is -0.122. The number of likely N-dealkylation sites (N-methyl/N-ethyl adjacent to an activating group) is 1. The molecule has 0 spiro atoms. The zero-order chi connectivity index (χ0) is 18.7. The smallest absolute Gasteiger partial charge is 0.266 e. The van der Waals surface area contributed by atoms with Crippen LogP contribution in [0.15, 0.2) is 52.4 Å². The lowest BCUT2D eigenvalue weighted by Gasteiger charge is -2.12. The van der Waals surface area contributed by atoms with E-state index in [1.54, 1.807) is 12.0 Å². The zero-order valence-corrected chi connectivity index (χ0v) is 16.3. The third-order valence-corrected chi connectivity index (χ3v) is 5.34. The van der Waals surface area contributed by atoms with E-state index in [0.29, 0.717) is 11.4 Å². The molecule has 26 heavy (non-hydrogen) atoms. The number of carbonyl (C=O) groups excluding carboxylic acids is 1. The van der Waals surface area contributed by atoms with Gasteiger partial charge in [-0.05, 0) is 79.6 Å². The van der Waals surface area contributed by atoms with E-state index in [4.69, 9.17) is 9.73 Å². The second kappa shape index (κ2) is 7.79. The molecule has 134 valence electrons. The van der Waals surface area contributed by atoms with Crippen molar-refractivity contribution in [3.63, 3.8) is 0 Å². The van der Waals surface area contributed by atoms with Crippen molar-refractivity contribution in [2.24, 2.45) is 4.99 Å². The Balaban J connectivity index is 1.90. The molecule has 0 radical (unpaired) electrons. The topological polar surface area (TPSA) is 41.9 Å². The maximum absolute atomic E-state index is 12.7. The first kappa shape index (κ1) is 18.3. The van der Waals surface area contributed by atoms with Gasteiger partial charge in [-0.2, -0.15) is 0 Å². The summed E-state index contributed by atoms with van der Waals surface area (Å²) in [7, 11) is 1.64. The SMILES string of the molecule is CCN1C(=O)/C(=C/c2ccc(OC)cc2)SC1=Nc1ccc(C)c(C)c1. The average Bonchev–Trinajstić information content (AvgIpc) is 2.93. The number of aryl methyl sites for hydroxylation is 2. The summed E-state index contributed by atoms with van der Waals surface area (Å²) in [5.74, 6) is 0.792. The molecule has 1 aliphatic rings. The second-order valence-electron chi connectivity index (χ2n) is 6.10. The quantitative estimate of drug-likeness (QED) is 0.720. The van der Waals surface area contributed by atoms with Crippen molar-refractivity contribution in [3.05, 3.63) is 64.1 Å². The lowest BCUT2D eigenvalue weighted by Crippen LogP contribution is -2.28. The second-order valence-corrected chi connectivity index (χ2v) is 7.11. The molecule has 2 aromatic carbocycles. The molecule has 2 aromatic rings. The van der Waals surface area contributed by atoms with Gasteiger partial charge < -0.3 is 4.74 Å². The highest BCUT2D eigenvalue weighted by Gasteiger charge is 2.32. The van der Waals surface area contributed by atoms with Gasteiger partial charge in [-0.15, -0.1) is 0 Å². The fourth-order valence-electron chi connectivity index (χ4n) is 2.63. The summed E-state index contributed by atoms with van der Waals surface area (Å²) in [6, 6.07) is 13.7. The van der Waals surface area contributed by atoms with Crippen LogP contribution in [-0.2, 0) is 4.79 Å². The normalized spacial score (nSPS) is 17.4. The van der Waals surface area contributed by atoms with E-state index in [1.807, 2.05) is 49.4 Å². The Kier molecular flexibility index (Phi) is 5.47. The van der Waals surface area contributed by atoms with Crippen LogP contribution in [0.1, 0.15) is 23.6 Å². The van der Waals surface area contributed by atoms with Crippen molar-refractivity contribution < 1.29 is 9.53 Å². The Morgan fingerprint density at radius 1 is 1.12 bits per heavy atom. The number of benzene rings is 2. The Labute approximate surface area is 158 Å². The summed E-state index contributed by atoms with van der Waals surface area (Å²) in [6.07, 6.45) is 1.90. The van der Waals surface area contributed by atoms with Gasteiger partial charge in [-0.25, -0.2) is 4.99 Å². The number of thioether (sulfide) groups is 1. The standard InChI is InChI=1S/C21H22N2O2S/c1-5-23-20(24)19(13-16-7-10-18(25-4)11-8-16)26-21(23)22-17-9-6-14(2)15(3)12-17/h6-13H,5H2,1-4H3/b19-13-,22-21?. The summed E-state index contributed by atoms with van der Waals surface area (Å²) in [5.41, 5.74) is 4.26. The van der Waals surface area contributed by atoms with Crippen molar-refractivity contribution >= 4 is 34.6 Å². The van der Waals surface area contributed by atoms with Crippen LogP contribution >= 0.6 is 11.8 Å². The molecule has 1 saturated heterocycles. The molecule has 0 N–H and O–H groups in total. The lowest BCUT2D eigenvalue weighted by atomic mass is 10.1. The van der Waals surface area contributed by atoms with Gasteiger partial charge in [0.2, 0.25) is 0 Å². The van der Waals surface area contributed by atoms with Crippen LogP contribution in [0.4, 0.5) is 5.69 Å². The molecule has 1 fully saturated rings. The van der Waals surface area contributed by atoms with Gasteiger partial charge in [-0.1, -0.05) is 18.2 Å². The number of ether oxygens (including phenoxy) is 1. The number of carbonyl (C=O) groups is 1. The molecule has 0 aromatic heterocycles. The van der Waals surface area contributed by atoms with Crippen molar-refractivity contribution in [3.8, 4) is 5.75 Å². The van der Waals surface area contributed by atoms with Crippen LogP contribution in [-0.4, -0.2) is 29.6 Å². The minimum atomic E-state index is -0.00379. The van der Waals surface area contributed by atoms with E-state index in [-0.39, 0.29) is 5.91 Å². The summed E-state index contributed by atoms with van der Waals surface area (Å²) >= 11 is 1.42. The Bertz CT molecular complexity index is 885. The third-order valence-electron chi connectivity index (χ3n) is 4.33. The maximum atomic E-state index is 12.7. The van der Waals surface area contributed by atoms with Gasteiger partial charge in [0, 0.05) is 6.54 Å². The van der Waals surface area contributed by atoms with Crippen molar-refractivity contribution in [2.75, 3.05) is 13.7 Å². The molecule has 1 aliphatic heterocycles. The first-order valence-electron chi connectivity index (χ1n) is 8.53. The minimum Gasteiger partial charge on any atom is -0.497 e. The van der Waals surface area contributed by atoms with Crippen molar-refractivity contribution in [2.45, 2.75) is 20.8 Å². The summed E-state index contributed by atoms with van der Waals surface area (Å²) in [5, 5.41) is 0.723. The average molecular weight is 366 g/mol. The van der Waals surface area contributed by atoms with Gasteiger partial charge in [0.05, 0.1) is 17.7 Å². The molecule has 4 nitrogen and oxygen atoms in total. The molecule has 0 unspecified atom stereocenters. The Morgan fingerprint density at radius 3 is 2.46 bits per heavy atom. The van der Waals surface area contributed by atoms with Crippen LogP contribution in [0, 0.1) is 13.8 Å². The number of hydrogen-bond donors (Lipinski definition) is 0. The predicted octanol–water partition coefficient (Wildman–Crippen LogP) is 4.94. The maximum Gasteiger partial charge on any atom is 0.266 e. The monoisotopic (exact) mass is 366 g/mol. The minimum absolute atomic E-state index is 0.00379. The third kappa shape index (κ3) is 3.83. The largest absolute Gasteiger partial charge is 0.497 e. The molecule has 5 heteroatoms. The first-order valence-corrected chi connectivity index (χ1v) is 9.35. The van der Waals surface area contributed by atoms with E-state index in [2.05, 4.69) is 19.9 Å². The number of nitrogens with zero attached hydrogens (tertiary/aromatic N) is 2. The number of amides is 1. The van der Waals surface area contributed by atoms with Crippen LogP contribution < -0.4 is 4.74 Å². The van der Waals surface area contributed by atoms with Crippen LogP contribution in [0.3, 0.4) is 0 Å². The van der Waals surface area contributed by atoms with Gasteiger partial charge in [0.25, 0.3) is 5.91 Å². The number of aliphatic imine (C=N–C) groups is 1. The molecule has 0 aliphatic carbocycles. The fourth-order valence-corrected chi connectivity index (χ4v) is 3.69. The van der Waals surface area contributed by atoms with Crippen LogP contribution in [0.25, 0.3) is 6.08 Å². The summed E-state index contributed by atoms with van der Waals surface area (Å²) in [6.45, 7) is 6.70. The van der Waals surface area contributed by atoms with Gasteiger partial charge >= 0.3 is 0 Å². The molecule has 0 saturated carbocycles. The molecule has 1 amide bonds. The highest BCUT2D eigenvalue weighted by atomic mass is 32.2. The van der Waals surface area contributed by atoms with E-state index >= 15 is 0 Å². The van der Waals surface area contributed by atoms with E-state index < -0.39 is 0 Å². The predicted molar refractivity (Wildman–Crippen MR) is 109 cm³/mol. The number of amidine groups is 1. The molecule has 3 rings (SSSR count). The highest BCUT2D eigenvalue weighted by Crippen LogP contribution is 2.34. The van der Waals surface area contributed by atoms with E-state index in [0.717, 1.165) is 22.2 Å². The fraction of sp³-hybridized carbons (Fsp3) is 0.238. The molecule has 0 bridgehead atoms. The van der Waals surface area contributed by atoms with Gasteiger partial charge in [0.15, 0.2) is 5.17 Å². The molecule has 0 atom stereocenters. The van der Waals surface area contributed by atoms with Gasteiger partial charge in [-0.3, -0.25) is 9.69 Å². The zero-order valence-electron chi connectivity index (χ0n) is 15.4.